The first kappa shape index (κ1) is 19.1. The maximum atomic E-state index is 4.83. The van der Waals surface area contributed by atoms with Crippen LogP contribution in [-0.2, 0) is 0 Å². The van der Waals surface area contributed by atoms with Crippen molar-refractivity contribution in [2.45, 2.75) is 41.5 Å². The number of halogens is 2. The van der Waals surface area contributed by atoms with Gasteiger partial charge in [-0.05, 0) is 88.1 Å². The number of rotatable bonds is 3. The van der Waals surface area contributed by atoms with E-state index in [1.807, 2.05) is 13.8 Å². The van der Waals surface area contributed by atoms with Crippen molar-refractivity contribution in [1.29, 1.82) is 0 Å². The van der Waals surface area contributed by atoms with E-state index < -0.39 is 0 Å². The molecule has 24 heavy (non-hydrogen) atoms. The Hall–Kier alpha value is -1.26. The van der Waals surface area contributed by atoms with Crippen LogP contribution in [0.2, 0.25) is 0 Å². The monoisotopic (exact) mass is 448 g/mol. The molecule has 0 saturated heterocycles. The van der Waals surface area contributed by atoms with Crippen molar-refractivity contribution in [3.05, 3.63) is 55.5 Å². The molecule has 0 aliphatic carbocycles. The van der Waals surface area contributed by atoms with Gasteiger partial charge in [0.05, 0.1) is 22.8 Å². The Morgan fingerprint density at radius 2 is 0.875 bits per heavy atom. The highest BCUT2D eigenvalue weighted by Crippen LogP contribution is 2.29. The highest BCUT2D eigenvalue weighted by atomic mass is 79.9. The van der Waals surface area contributed by atoms with Gasteiger partial charge in [-0.2, -0.15) is 0 Å². The molecule has 2 nitrogen and oxygen atoms in total. The van der Waals surface area contributed by atoms with Gasteiger partial charge in [-0.25, -0.2) is 0 Å². The zero-order valence-electron chi connectivity index (χ0n) is 15.0. The first-order valence-electron chi connectivity index (χ1n) is 7.83. The van der Waals surface area contributed by atoms with Crippen LogP contribution in [0.1, 0.15) is 36.1 Å². The molecule has 0 heterocycles. The maximum Gasteiger partial charge on any atom is 0.0692 e. The third kappa shape index (κ3) is 4.42. The topological polar surface area (TPSA) is 24.7 Å². The molecule has 0 saturated carbocycles. The predicted molar refractivity (Wildman–Crippen MR) is 113 cm³/mol. The minimum Gasteiger partial charge on any atom is -0.251 e. The van der Waals surface area contributed by atoms with Crippen LogP contribution >= 0.6 is 31.9 Å². The summed E-state index contributed by atoms with van der Waals surface area (Å²) in [5.41, 5.74) is 8.55. The van der Waals surface area contributed by atoms with E-state index in [9.17, 15) is 0 Å². The van der Waals surface area contributed by atoms with E-state index in [2.05, 4.69) is 83.8 Å². The Kier molecular flexibility index (Phi) is 6.16. The van der Waals surface area contributed by atoms with Crippen molar-refractivity contribution in [1.82, 2.24) is 0 Å². The Morgan fingerprint density at radius 1 is 0.625 bits per heavy atom. The van der Waals surface area contributed by atoms with Crippen LogP contribution in [0.5, 0.6) is 0 Å². The fraction of sp³-hybridized carbons (Fsp3) is 0.300. The second kappa shape index (κ2) is 7.75. The van der Waals surface area contributed by atoms with Crippen molar-refractivity contribution in [2.24, 2.45) is 9.98 Å². The molecule has 0 fully saturated rings. The molecule has 0 atom stereocenters. The molecule has 2 aromatic rings. The Labute approximate surface area is 161 Å². The minimum absolute atomic E-state index is 0.935. The fourth-order valence-corrected chi connectivity index (χ4v) is 4.03. The van der Waals surface area contributed by atoms with Gasteiger partial charge in [0.25, 0.3) is 0 Å². The zero-order chi connectivity index (χ0) is 18.0. The maximum absolute atomic E-state index is 4.83. The number of benzene rings is 2. The molecular weight excluding hydrogens is 428 g/mol. The normalized spacial score (nSPS) is 12.7. The molecule has 2 aromatic carbocycles. The molecular formula is C20H22Br2N2. The van der Waals surface area contributed by atoms with Crippen LogP contribution in [0, 0.1) is 27.7 Å². The van der Waals surface area contributed by atoms with Crippen molar-refractivity contribution in [3.63, 3.8) is 0 Å². The summed E-state index contributed by atoms with van der Waals surface area (Å²) in [4.78, 5) is 9.66. The summed E-state index contributed by atoms with van der Waals surface area (Å²) in [6.45, 7) is 12.4. The van der Waals surface area contributed by atoms with E-state index in [1.165, 1.54) is 0 Å². The molecule has 0 aliphatic rings. The van der Waals surface area contributed by atoms with E-state index >= 15 is 0 Å². The average Bonchev–Trinajstić information content (AvgIpc) is 2.46. The number of aliphatic imine (C=N–C) groups is 2. The molecule has 2 rings (SSSR count). The SMILES string of the molecule is CC(=Nc1c(C)cc(Br)cc1C)C(C)=Nc1c(C)cc(Br)cc1C. The van der Waals surface area contributed by atoms with Crippen LogP contribution in [0.3, 0.4) is 0 Å². The lowest BCUT2D eigenvalue weighted by Gasteiger charge is -2.10. The minimum atomic E-state index is 0.935. The van der Waals surface area contributed by atoms with E-state index in [0.29, 0.717) is 0 Å². The third-order valence-corrected chi connectivity index (χ3v) is 4.91. The molecule has 0 N–H and O–H groups in total. The van der Waals surface area contributed by atoms with Crippen LogP contribution in [0.15, 0.2) is 43.2 Å². The Balaban J connectivity index is 2.45. The summed E-state index contributed by atoms with van der Waals surface area (Å²) in [6.07, 6.45) is 0. The van der Waals surface area contributed by atoms with Gasteiger partial charge in [-0.3, -0.25) is 9.98 Å². The summed E-state index contributed by atoms with van der Waals surface area (Å²) < 4.78 is 2.17. The van der Waals surface area contributed by atoms with Gasteiger partial charge in [0.2, 0.25) is 0 Å². The summed E-state index contributed by atoms with van der Waals surface area (Å²) in [7, 11) is 0. The van der Waals surface area contributed by atoms with Crippen molar-refractivity contribution in [3.8, 4) is 0 Å². The number of nitrogens with zero attached hydrogens (tertiary/aromatic N) is 2. The van der Waals surface area contributed by atoms with E-state index in [1.54, 1.807) is 0 Å². The Bertz CT molecular complexity index is 731. The van der Waals surface area contributed by atoms with E-state index in [-0.39, 0.29) is 0 Å². The molecule has 4 heteroatoms. The molecule has 0 aliphatic heterocycles. The van der Waals surface area contributed by atoms with Gasteiger partial charge in [0, 0.05) is 8.95 Å². The van der Waals surface area contributed by atoms with Gasteiger partial charge in [-0.15, -0.1) is 0 Å². The fourth-order valence-electron chi connectivity index (χ4n) is 2.66. The summed E-state index contributed by atoms with van der Waals surface area (Å²) >= 11 is 7.06. The molecule has 0 amide bonds. The van der Waals surface area contributed by atoms with Gasteiger partial charge in [0.15, 0.2) is 0 Å². The zero-order valence-corrected chi connectivity index (χ0v) is 18.1. The summed E-state index contributed by atoms with van der Waals surface area (Å²) in [5, 5.41) is 0. The Morgan fingerprint density at radius 3 is 1.12 bits per heavy atom. The molecule has 0 aromatic heterocycles. The standard InChI is InChI=1S/C20H22Br2N2/c1-11-7-17(21)8-12(2)19(11)23-15(5)16(6)24-20-13(3)9-18(22)10-14(20)4/h7-10H,1-6H3. The molecule has 0 radical (unpaired) electrons. The van der Waals surface area contributed by atoms with Crippen LogP contribution < -0.4 is 0 Å². The second-order valence-electron chi connectivity index (χ2n) is 6.17. The number of hydrogen-bond acceptors (Lipinski definition) is 2. The van der Waals surface area contributed by atoms with E-state index in [4.69, 9.17) is 9.98 Å². The third-order valence-electron chi connectivity index (χ3n) is 3.99. The molecule has 0 spiro atoms. The lowest BCUT2D eigenvalue weighted by molar-refractivity contribution is 1.30. The molecule has 126 valence electrons. The largest absolute Gasteiger partial charge is 0.251 e. The van der Waals surface area contributed by atoms with Gasteiger partial charge in [0.1, 0.15) is 0 Å². The van der Waals surface area contributed by atoms with Gasteiger partial charge < -0.3 is 0 Å². The van der Waals surface area contributed by atoms with Crippen molar-refractivity contribution >= 4 is 54.7 Å². The quantitative estimate of drug-likeness (QED) is 0.438. The highest BCUT2D eigenvalue weighted by molar-refractivity contribution is 9.10. The predicted octanol–water partition coefficient (Wildman–Crippen LogP) is 7.33. The summed E-state index contributed by atoms with van der Waals surface area (Å²) in [6, 6.07) is 8.37. The smallest absolute Gasteiger partial charge is 0.0692 e. The van der Waals surface area contributed by atoms with Crippen LogP contribution in [-0.4, -0.2) is 11.4 Å². The van der Waals surface area contributed by atoms with Crippen LogP contribution in [0.25, 0.3) is 0 Å². The molecule has 0 bridgehead atoms. The van der Waals surface area contributed by atoms with Gasteiger partial charge in [-0.1, -0.05) is 31.9 Å². The van der Waals surface area contributed by atoms with Crippen molar-refractivity contribution < 1.29 is 0 Å². The second-order valence-corrected chi connectivity index (χ2v) is 8.00. The number of hydrogen-bond donors (Lipinski definition) is 0. The van der Waals surface area contributed by atoms with E-state index in [0.717, 1.165) is 54.0 Å². The first-order chi connectivity index (χ1) is 11.2. The highest BCUT2D eigenvalue weighted by Gasteiger charge is 2.08. The lowest BCUT2D eigenvalue weighted by atomic mass is 10.1. The first-order valence-corrected chi connectivity index (χ1v) is 9.42. The lowest BCUT2D eigenvalue weighted by Crippen LogP contribution is -2.05. The average molecular weight is 450 g/mol. The van der Waals surface area contributed by atoms with Gasteiger partial charge >= 0.3 is 0 Å². The number of aryl methyl sites for hydroxylation is 4. The van der Waals surface area contributed by atoms with Crippen molar-refractivity contribution in [2.75, 3.05) is 0 Å². The molecule has 0 unspecified atom stereocenters. The van der Waals surface area contributed by atoms with Crippen LogP contribution in [0.4, 0.5) is 11.4 Å². The summed E-state index contributed by atoms with van der Waals surface area (Å²) in [5.74, 6) is 0.